The van der Waals surface area contributed by atoms with Crippen LogP contribution in [0.4, 0.5) is 0 Å². The zero-order chi connectivity index (χ0) is 9.47. The van der Waals surface area contributed by atoms with Gasteiger partial charge < -0.3 is 10.2 Å². The normalized spacial score (nSPS) is 40.2. The maximum absolute atomic E-state index is 10.9. The summed E-state index contributed by atoms with van der Waals surface area (Å²) < 4.78 is 0. The Morgan fingerprint density at radius 3 is 2.77 bits per heavy atom. The van der Waals surface area contributed by atoms with Crippen molar-refractivity contribution in [3.63, 3.8) is 0 Å². The third-order valence-electron chi connectivity index (χ3n) is 3.29. The van der Waals surface area contributed by atoms with Gasteiger partial charge in [0.2, 0.25) is 0 Å². The molecule has 2 aliphatic rings. The molecule has 2 heterocycles. The Labute approximate surface area is 77.2 Å². The number of rotatable bonds is 1. The molecule has 0 bridgehead atoms. The van der Waals surface area contributed by atoms with Crippen LogP contribution in [0.3, 0.4) is 0 Å². The Balaban J connectivity index is 2.22. The van der Waals surface area contributed by atoms with Gasteiger partial charge >= 0.3 is 5.97 Å². The van der Waals surface area contributed by atoms with Crippen molar-refractivity contribution in [2.24, 2.45) is 0 Å². The maximum Gasteiger partial charge on any atom is 0.337 e. The minimum absolute atomic E-state index is 0.140. The summed E-state index contributed by atoms with van der Waals surface area (Å²) in [4.78, 5) is 13.1. The summed E-state index contributed by atoms with van der Waals surface area (Å²) >= 11 is 0. The lowest BCUT2D eigenvalue weighted by Gasteiger charge is -2.40. The molecule has 0 aromatic carbocycles. The van der Waals surface area contributed by atoms with E-state index in [4.69, 9.17) is 5.11 Å². The van der Waals surface area contributed by atoms with E-state index in [1.165, 1.54) is 0 Å². The molecule has 13 heavy (non-hydrogen) atoms. The van der Waals surface area contributed by atoms with Crippen LogP contribution in [0.2, 0.25) is 0 Å². The molecule has 0 aromatic heterocycles. The fraction of sp³-hybridized carbons (Fsp3) is 0.889. The van der Waals surface area contributed by atoms with E-state index in [2.05, 4.69) is 4.90 Å². The molecule has 0 radical (unpaired) electrons. The molecule has 4 heteroatoms. The Hall–Kier alpha value is -0.610. The van der Waals surface area contributed by atoms with Gasteiger partial charge in [0.25, 0.3) is 0 Å². The smallest absolute Gasteiger partial charge is 0.337 e. The lowest BCUT2D eigenvalue weighted by molar-refractivity contribution is -0.170. The standard InChI is InChI=1S/C9H15NO3/c11-8(12)9(13)4-2-6-10-5-1-3-7(9)10/h7,13H,1-6H2,(H,11,12). The Morgan fingerprint density at radius 1 is 1.38 bits per heavy atom. The first-order chi connectivity index (χ1) is 6.14. The van der Waals surface area contributed by atoms with E-state index in [1.54, 1.807) is 0 Å². The third-order valence-corrected chi connectivity index (χ3v) is 3.29. The van der Waals surface area contributed by atoms with E-state index in [1.807, 2.05) is 0 Å². The second kappa shape index (κ2) is 2.96. The van der Waals surface area contributed by atoms with Gasteiger partial charge in [0.1, 0.15) is 0 Å². The molecule has 0 amide bonds. The average molecular weight is 185 g/mol. The van der Waals surface area contributed by atoms with Gasteiger partial charge in [0, 0.05) is 6.04 Å². The monoisotopic (exact) mass is 185 g/mol. The molecule has 2 rings (SSSR count). The van der Waals surface area contributed by atoms with Crippen molar-refractivity contribution in [2.45, 2.75) is 37.3 Å². The number of piperidine rings is 1. The molecule has 74 valence electrons. The highest BCUT2D eigenvalue weighted by atomic mass is 16.4. The van der Waals surface area contributed by atoms with E-state index < -0.39 is 11.6 Å². The fourth-order valence-electron chi connectivity index (χ4n) is 2.60. The maximum atomic E-state index is 10.9. The fourth-order valence-corrected chi connectivity index (χ4v) is 2.60. The number of hydrogen-bond donors (Lipinski definition) is 2. The summed E-state index contributed by atoms with van der Waals surface area (Å²) in [7, 11) is 0. The molecule has 2 aliphatic heterocycles. The van der Waals surface area contributed by atoms with Crippen LogP contribution in [0, 0.1) is 0 Å². The van der Waals surface area contributed by atoms with E-state index >= 15 is 0 Å². The number of nitrogens with zero attached hydrogens (tertiary/aromatic N) is 1. The number of aliphatic carboxylic acids is 1. The van der Waals surface area contributed by atoms with Crippen LogP contribution >= 0.6 is 0 Å². The molecule has 2 unspecified atom stereocenters. The van der Waals surface area contributed by atoms with Gasteiger partial charge in [0.05, 0.1) is 0 Å². The number of carboxylic acids is 1. The van der Waals surface area contributed by atoms with Gasteiger partial charge in [-0.1, -0.05) is 0 Å². The summed E-state index contributed by atoms with van der Waals surface area (Å²) in [5.41, 5.74) is -1.48. The molecule has 0 spiro atoms. The van der Waals surface area contributed by atoms with Crippen molar-refractivity contribution in [3.05, 3.63) is 0 Å². The molecule has 0 aromatic rings. The molecule has 0 aliphatic carbocycles. The van der Waals surface area contributed by atoms with Crippen LogP contribution in [-0.4, -0.2) is 45.8 Å². The lowest BCUT2D eigenvalue weighted by atomic mass is 9.84. The van der Waals surface area contributed by atoms with Crippen LogP contribution in [-0.2, 0) is 4.79 Å². The topological polar surface area (TPSA) is 60.8 Å². The van der Waals surface area contributed by atoms with Crippen LogP contribution in [0.5, 0.6) is 0 Å². The number of fused-ring (bicyclic) bond motifs is 1. The highest BCUT2D eigenvalue weighted by Gasteiger charge is 2.50. The molecular weight excluding hydrogens is 170 g/mol. The first-order valence-corrected chi connectivity index (χ1v) is 4.84. The van der Waals surface area contributed by atoms with Crippen LogP contribution in [0.1, 0.15) is 25.7 Å². The minimum Gasteiger partial charge on any atom is -0.479 e. The van der Waals surface area contributed by atoms with Gasteiger partial charge in [-0.25, -0.2) is 4.79 Å². The van der Waals surface area contributed by atoms with Gasteiger partial charge in [0.15, 0.2) is 5.60 Å². The Bertz CT molecular complexity index is 231. The minimum atomic E-state index is -1.48. The molecule has 2 saturated heterocycles. The van der Waals surface area contributed by atoms with Crippen molar-refractivity contribution >= 4 is 5.97 Å². The summed E-state index contributed by atoms with van der Waals surface area (Å²) in [6.45, 7) is 1.89. The highest BCUT2D eigenvalue weighted by Crippen LogP contribution is 2.34. The highest BCUT2D eigenvalue weighted by molar-refractivity contribution is 5.78. The van der Waals surface area contributed by atoms with E-state index in [-0.39, 0.29) is 6.04 Å². The van der Waals surface area contributed by atoms with Crippen LogP contribution in [0.15, 0.2) is 0 Å². The molecule has 0 saturated carbocycles. The van der Waals surface area contributed by atoms with Crippen molar-refractivity contribution in [3.8, 4) is 0 Å². The SMILES string of the molecule is O=C(O)C1(O)CCCN2CCCC21. The molecule has 2 N–H and O–H groups in total. The molecule has 2 fully saturated rings. The van der Waals surface area contributed by atoms with Gasteiger partial charge in [-0.3, -0.25) is 4.90 Å². The van der Waals surface area contributed by atoms with E-state index in [0.717, 1.165) is 32.4 Å². The summed E-state index contributed by atoms with van der Waals surface area (Å²) in [5.74, 6) is -1.05. The zero-order valence-electron chi connectivity index (χ0n) is 7.57. The predicted octanol–water partition coefficient (Wildman–Crippen LogP) is 0.0603. The van der Waals surface area contributed by atoms with Crippen LogP contribution in [0.25, 0.3) is 0 Å². The van der Waals surface area contributed by atoms with Crippen molar-refractivity contribution in [2.75, 3.05) is 13.1 Å². The molecular formula is C9H15NO3. The average Bonchev–Trinajstić information content (AvgIpc) is 2.53. The van der Waals surface area contributed by atoms with E-state index in [0.29, 0.717) is 6.42 Å². The number of aliphatic hydroxyl groups is 1. The molecule has 4 nitrogen and oxygen atoms in total. The van der Waals surface area contributed by atoms with Gasteiger partial charge in [-0.2, -0.15) is 0 Å². The number of carbonyl (C=O) groups is 1. The summed E-state index contributed by atoms with van der Waals surface area (Å²) in [6, 6.07) is -0.140. The van der Waals surface area contributed by atoms with Gasteiger partial charge in [-0.05, 0) is 38.8 Å². The Kier molecular flexibility index (Phi) is 2.04. The largest absolute Gasteiger partial charge is 0.479 e. The van der Waals surface area contributed by atoms with Gasteiger partial charge in [-0.15, -0.1) is 0 Å². The second-order valence-corrected chi connectivity index (χ2v) is 4.03. The lowest BCUT2D eigenvalue weighted by Crippen LogP contribution is -2.58. The number of carboxylic acid groups (broad SMARTS) is 1. The summed E-state index contributed by atoms with van der Waals surface area (Å²) in [6.07, 6.45) is 3.03. The van der Waals surface area contributed by atoms with Crippen LogP contribution < -0.4 is 0 Å². The van der Waals surface area contributed by atoms with Crippen molar-refractivity contribution in [1.82, 2.24) is 4.90 Å². The first kappa shape index (κ1) is 8.97. The van der Waals surface area contributed by atoms with Crippen molar-refractivity contribution < 1.29 is 15.0 Å². The Morgan fingerprint density at radius 2 is 2.08 bits per heavy atom. The zero-order valence-corrected chi connectivity index (χ0v) is 7.57. The van der Waals surface area contributed by atoms with Crippen molar-refractivity contribution in [1.29, 1.82) is 0 Å². The quantitative estimate of drug-likeness (QED) is 0.606. The third kappa shape index (κ3) is 1.25. The van der Waals surface area contributed by atoms with E-state index in [9.17, 15) is 9.90 Å². The summed E-state index contributed by atoms with van der Waals surface area (Å²) in [5, 5.41) is 18.9. The predicted molar refractivity (Wildman–Crippen MR) is 46.4 cm³/mol. The first-order valence-electron chi connectivity index (χ1n) is 4.84. The second-order valence-electron chi connectivity index (χ2n) is 4.03. The molecule has 2 atom stereocenters. The number of hydrogen-bond acceptors (Lipinski definition) is 3.